The average molecular weight is 469 g/mol. The molecule has 34 heavy (non-hydrogen) atoms. The Morgan fingerprint density at radius 2 is 1.56 bits per heavy atom. The molecule has 0 aliphatic heterocycles. The van der Waals surface area contributed by atoms with Crippen LogP contribution in [-0.2, 0) is 24.9 Å². The van der Waals surface area contributed by atoms with Gasteiger partial charge in [-0.1, -0.05) is 13.8 Å². The number of aryl methyl sites for hydroxylation is 2. The molecule has 180 valence electrons. The van der Waals surface area contributed by atoms with Crippen molar-refractivity contribution in [1.29, 1.82) is 0 Å². The molecule has 2 heterocycles. The number of aromatic nitrogens is 3. The van der Waals surface area contributed by atoms with E-state index in [-0.39, 0.29) is 36.3 Å². The van der Waals surface area contributed by atoms with Crippen molar-refractivity contribution in [3.63, 3.8) is 0 Å². The SMILES string of the molecule is CCCn1c(=O)c2c(C(=O)Nc3ccc(C(=O)OCC)cc3)cc(=O)n(CCC)c2n(C)c1=O. The lowest BCUT2D eigenvalue weighted by atomic mass is 10.1. The number of ether oxygens (including phenoxy) is 1. The van der Waals surface area contributed by atoms with Crippen molar-refractivity contribution in [3.05, 3.63) is 72.7 Å². The molecule has 1 N–H and O–H groups in total. The van der Waals surface area contributed by atoms with Crippen molar-refractivity contribution in [2.24, 2.45) is 7.05 Å². The first-order chi connectivity index (χ1) is 16.2. The predicted molar refractivity (Wildman–Crippen MR) is 129 cm³/mol. The summed E-state index contributed by atoms with van der Waals surface area (Å²) in [6, 6.07) is 7.18. The largest absolute Gasteiger partial charge is 0.462 e. The maximum absolute atomic E-state index is 13.3. The minimum Gasteiger partial charge on any atom is -0.462 e. The highest BCUT2D eigenvalue weighted by Crippen LogP contribution is 2.16. The number of amides is 1. The zero-order chi connectivity index (χ0) is 25.0. The van der Waals surface area contributed by atoms with Crippen LogP contribution in [0.25, 0.3) is 11.0 Å². The molecule has 0 aliphatic carbocycles. The topological polar surface area (TPSA) is 121 Å². The standard InChI is InChI=1S/C24H28N4O6/c1-5-12-27-18(29)14-17(19-21(27)26(4)24(33)28(13-6-2)22(19)31)20(30)25-16-10-8-15(9-11-16)23(32)34-7-3/h8-11,14H,5-7,12-13H2,1-4H3,(H,25,30). The normalized spacial score (nSPS) is 10.9. The zero-order valence-corrected chi connectivity index (χ0v) is 19.7. The van der Waals surface area contributed by atoms with E-state index in [4.69, 9.17) is 4.74 Å². The summed E-state index contributed by atoms with van der Waals surface area (Å²) in [4.78, 5) is 64.1. The Kier molecular flexibility index (Phi) is 7.50. The van der Waals surface area contributed by atoms with Crippen LogP contribution < -0.4 is 22.1 Å². The first-order valence-corrected chi connectivity index (χ1v) is 11.2. The van der Waals surface area contributed by atoms with E-state index < -0.39 is 28.7 Å². The maximum Gasteiger partial charge on any atom is 0.338 e. The molecule has 0 bridgehead atoms. The van der Waals surface area contributed by atoms with Crippen LogP contribution in [0.4, 0.5) is 5.69 Å². The second-order valence-corrected chi connectivity index (χ2v) is 7.80. The Hall–Kier alpha value is -3.95. The van der Waals surface area contributed by atoms with Crippen molar-refractivity contribution in [2.45, 2.75) is 46.7 Å². The molecule has 0 saturated carbocycles. The van der Waals surface area contributed by atoms with Crippen LogP contribution in [0.2, 0.25) is 0 Å². The third-order valence-corrected chi connectivity index (χ3v) is 5.37. The summed E-state index contributed by atoms with van der Waals surface area (Å²) >= 11 is 0. The number of hydrogen-bond donors (Lipinski definition) is 1. The fraction of sp³-hybridized carbons (Fsp3) is 0.375. The van der Waals surface area contributed by atoms with E-state index in [1.165, 1.54) is 40.4 Å². The minimum absolute atomic E-state index is 0.00393. The number of benzene rings is 1. The Balaban J connectivity index is 2.17. The number of nitrogens with zero attached hydrogens (tertiary/aromatic N) is 3. The number of esters is 1. The van der Waals surface area contributed by atoms with Gasteiger partial charge in [0, 0.05) is 31.9 Å². The van der Waals surface area contributed by atoms with Gasteiger partial charge < -0.3 is 10.1 Å². The lowest BCUT2D eigenvalue weighted by Gasteiger charge is -2.17. The highest BCUT2D eigenvalue weighted by Gasteiger charge is 2.22. The molecule has 0 fully saturated rings. The van der Waals surface area contributed by atoms with Crippen molar-refractivity contribution in [2.75, 3.05) is 11.9 Å². The molecule has 2 aromatic heterocycles. The van der Waals surface area contributed by atoms with Crippen LogP contribution in [0, 0.1) is 0 Å². The Morgan fingerprint density at radius 1 is 0.941 bits per heavy atom. The second-order valence-electron chi connectivity index (χ2n) is 7.80. The monoisotopic (exact) mass is 468 g/mol. The third kappa shape index (κ3) is 4.57. The van der Waals surface area contributed by atoms with Gasteiger partial charge in [0.25, 0.3) is 17.0 Å². The first kappa shape index (κ1) is 24.7. The Labute approximate surface area is 195 Å². The van der Waals surface area contributed by atoms with Crippen molar-refractivity contribution < 1.29 is 14.3 Å². The van der Waals surface area contributed by atoms with Crippen LogP contribution in [-0.4, -0.2) is 32.2 Å². The van der Waals surface area contributed by atoms with Crippen LogP contribution in [0.15, 0.2) is 44.7 Å². The van der Waals surface area contributed by atoms with Crippen molar-refractivity contribution in [1.82, 2.24) is 13.7 Å². The molecule has 0 saturated heterocycles. The number of carbonyl (C=O) groups is 2. The fourth-order valence-corrected chi connectivity index (χ4v) is 3.83. The van der Waals surface area contributed by atoms with E-state index in [0.717, 1.165) is 10.6 Å². The number of pyridine rings is 1. The third-order valence-electron chi connectivity index (χ3n) is 5.37. The van der Waals surface area contributed by atoms with Crippen molar-refractivity contribution in [3.8, 4) is 0 Å². The van der Waals surface area contributed by atoms with Crippen molar-refractivity contribution >= 4 is 28.6 Å². The summed E-state index contributed by atoms with van der Waals surface area (Å²) in [6.45, 7) is 6.13. The Morgan fingerprint density at radius 3 is 2.15 bits per heavy atom. The van der Waals surface area contributed by atoms with E-state index in [1.54, 1.807) is 6.92 Å². The van der Waals surface area contributed by atoms with Gasteiger partial charge in [-0.15, -0.1) is 0 Å². The van der Waals surface area contributed by atoms with E-state index in [2.05, 4.69) is 5.32 Å². The van der Waals surface area contributed by atoms with Gasteiger partial charge >= 0.3 is 11.7 Å². The molecular weight excluding hydrogens is 440 g/mol. The zero-order valence-electron chi connectivity index (χ0n) is 19.7. The number of rotatable bonds is 8. The van der Waals surface area contributed by atoms with E-state index in [0.29, 0.717) is 24.1 Å². The summed E-state index contributed by atoms with van der Waals surface area (Å²) in [5, 5.41) is 2.67. The number of fused-ring (bicyclic) bond motifs is 1. The highest BCUT2D eigenvalue weighted by atomic mass is 16.5. The lowest BCUT2D eigenvalue weighted by molar-refractivity contribution is 0.0526. The molecule has 3 aromatic rings. The van der Waals surface area contributed by atoms with Gasteiger partial charge in [0.15, 0.2) is 0 Å². The lowest BCUT2D eigenvalue weighted by Crippen LogP contribution is -2.42. The summed E-state index contributed by atoms with van der Waals surface area (Å²) in [5.41, 5.74) is -0.970. The van der Waals surface area contributed by atoms with Gasteiger partial charge in [-0.05, 0) is 44.0 Å². The number of anilines is 1. The molecule has 0 unspecified atom stereocenters. The van der Waals surface area contributed by atoms with Gasteiger partial charge in [-0.3, -0.25) is 28.1 Å². The quantitative estimate of drug-likeness (QED) is 0.506. The highest BCUT2D eigenvalue weighted by molar-refractivity contribution is 6.11. The number of nitrogens with one attached hydrogen (secondary N) is 1. The smallest absolute Gasteiger partial charge is 0.338 e. The first-order valence-electron chi connectivity index (χ1n) is 11.2. The number of hydrogen-bond acceptors (Lipinski definition) is 6. The average Bonchev–Trinajstić information content (AvgIpc) is 2.82. The van der Waals surface area contributed by atoms with E-state index >= 15 is 0 Å². The number of carbonyl (C=O) groups excluding carboxylic acids is 2. The van der Waals surface area contributed by atoms with E-state index in [9.17, 15) is 24.0 Å². The van der Waals surface area contributed by atoms with Gasteiger partial charge in [-0.2, -0.15) is 0 Å². The minimum atomic E-state index is -0.673. The summed E-state index contributed by atoms with van der Waals surface area (Å²) < 4.78 is 8.62. The van der Waals surface area contributed by atoms with Gasteiger partial charge in [0.1, 0.15) is 5.65 Å². The van der Waals surface area contributed by atoms with Crippen LogP contribution in [0.3, 0.4) is 0 Å². The molecule has 0 spiro atoms. The van der Waals surface area contributed by atoms with Crippen LogP contribution in [0.5, 0.6) is 0 Å². The summed E-state index contributed by atoms with van der Waals surface area (Å²) in [7, 11) is 1.48. The van der Waals surface area contributed by atoms with Crippen LogP contribution in [0.1, 0.15) is 54.3 Å². The molecular formula is C24H28N4O6. The van der Waals surface area contributed by atoms with E-state index in [1.807, 2.05) is 13.8 Å². The molecule has 10 nitrogen and oxygen atoms in total. The molecule has 1 aromatic carbocycles. The van der Waals surface area contributed by atoms with Crippen LogP contribution >= 0.6 is 0 Å². The maximum atomic E-state index is 13.3. The summed E-state index contributed by atoms with van der Waals surface area (Å²) in [6.07, 6.45) is 1.14. The fourth-order valence-electron chi connectivity index (χ4n) is 3.83. The molecule has 10 heteroatoms. The molecule has 3 rings (SSSR count). The second kappa shape index (κ2) is 10.3. The summed E-state index contributed by atoms with van der Waals surface area (Å²) in [5.74, 6) is -1.16. The Bertz CT molecular complexity index is 1410. The molecule has 0 atom stereocenters. The molecule has 0 aliphatic rings. The predicted octanol–water partition coefficient (Wildman–Crippen LogP) is 2.11. The molecule has 1 amide bonds. The molecule has 0 radical (unpaired) electrons. The van der Waals surface area contributed by atoms with Gasteiger partial charge in [0.05, 0.1) is 23.1 Å². The van der Waals surface area contributed by atoms with Gasteiger partial charge in [0.2, 0.25) is 0 Å². The van der Waals surface area contributed by atoms with Gasteiger partial charge in [-0.25, -0.2) is 9.59 Å².